The Morgan fingerprint density at radius 3 is 2.67 bits per heavy atom. The van der Waals surface area contributed by atoms with Gasteiger partial charge < -0.3 is 10.3 Å². The van der Waals surface area contributed by atoms with Gasteiger partial charge in [-0.15, -0.1) is 11.3 Å². The van der Waals surface area contributed by atoms with Gasteiger partial charge in [-0.25, -0.2) is 0 Å². The maximum atomic E-state index is 13.3. The van der Waals surface area contributed by atoms with Crippen molar-refractivity contribution >= 4 is 23.0 Å². The number of nitrogens with zero attached hydrogens (tertiary/aromatic N) is 2. The fourth-order valence-electron chi connectivity index (χ4n) is 2.66. The normalized spacial score (nSPS) is 12.5. The van der Waals surface area contributed by atoms with Crippen LogP contribution in [0.2, 0.25) is 0 Å². The monoisotopic (exact) mass is 394 g/mol. The van der Waals surface area contributed by atoms with E-state index < -0.39 is 11.7 Å². The SMILES string of the molecule is [NH3+]CCCC/C(=C\c1ccccc1C(F)(F)F)c1nc(-c2cccs2)no1. The second-order valence-corrected chi connectivity index (χ2v) is 6.91. The molecule has 3 N–H and O–H groups in total. The van der Waals surface area contributed by atoms with Gasteiger partial charge >= 0.3 is 6.18 Å². The zero-order valence-electron chi connectivity index (χ0n) is 14.5. The predicted molar refractivity (Wildman–Crippen MR) is 98.5 cm³/mol. The number of aromatic nitrogens is 2. The van der Waals surface area contributed by atoms with Crippen LogP contribution in [0.4, 0.5) is 13.2 Å². The molecule has 0 unspecified atom stereocenters. The third-order valence-corrected chi connectivity index (χ3v) is 4.85. The molecule has 0 atom stereocenters. The molecule has 0 spiro atoms. The quantitative estimate of drug-likeness (QED) is 0.587. The van der Waals surface area contributed by atoms with E-state index in [0.29, 0.717) is 17.8 Å². The number of halogens is 3. The summed E-state index contributed by atoms with van der Waals surface area (Å²) in [5.74, 6) is 0.687. The minimum atomic E-state index is -4.43. The van der Waals surface area contributed by atoms with E-state index >= 15 is 0 Å². The van der Waals surface area contributed by atoms with Gasteiger partial charge in [-0.1, -0.05) is 29.4 Å². The lowest BCUT2D eigenvalue weighted by Gasteiger charge is -2.11. The van der Waals surface area contributed by atoms with E-state index in [1.807, 2.05) is 17.5 Å². The first-order chi connectivity index (χ1) is 13.0. The minimum absolute atomic E-state index is 0.0884. The highest BCUT2D eigenvalue weighted by Crippen LogP contribution is 2.34. The molecule has 0 radical (unpaired) electrons. The first kappa shape index (κ1) is 19.3. The molecule has 0 aliphatic carbocycles. The second-order valence-electron chi connectivity index (χ2n) is 5.97. The smallest absolute Gasteiger partial charge is 0.358 e. The first-order valence-electron chi connectivity index (χ1n) is 8.53. The number of benzene rings is 1. The summed E-state index contributed by atoms with van der Waals surface area (Å²) in [4.78, 5) is 5.23. The van der Waals surface area contributed by atoms with Crippen molar-refractivity contribution in [2.75, 3.05) is 6.54 Å². The summed E-state index contributed by atoms with van der Waals surface area (Å²) in [6, 6.07) is 9.22. The van der Waals surface area contributed by atoms with Crippen LogP contribution < -0.4 is 5.73 Å². The van der Waals surface area contributed by atoms with Gasteiger partial charge in [-0.2, -0.15) is 18.2 Å². The zero-order valence-corrected chi connectivity index (χ0v) is 15.3. The lowest BCUT2D eigenvalue weighted by molar-refractivity contribution is -0.368. The topological polar surface area (TPSA) is 66.6 Å². The molecule has 27 heavy (non-hydrogen) atoms. The van der Waals surface area contributed by atoms with Gasteiger partial charge in [-0.3, -0.25) is 0 Å². The number of thiophene rings is 1. The number of alkyl halides is 3. The van der Waals surface area contributed by atoms with Crippen LogP contribution in [0.15, 0.2) is 46.3 Å². The lowest BCUT2D eigenvalue weighted by atomic mass is 10.0. The van der Waals surface area contributed by atoms with E-state index in [1.54, 1.807) is 6.07 Å². The van der Waals surface area contributed by atoms with Gasteiger partial charge in [0.2, 0.25) is 5.82 Å². The van der Waals surface area contributed by atoms with Crippen LogP contribution in [0.5, 0.6) is 0 Å². The molecule has 0 amide bonds. The highest BCUT2D eigenvalue weighted by atomic mass is 32.1. The van der Waals surface area contributed by atoms with Crippen molar-refractivity contribution in [2.45, 2.75) is 25.4 Å². The number of rotatable bonds is 7. The summed E-state index contributed by atoms with van der Waals surface area (Å²) >= 11 is 1.47. The summed E-state index contributed by atoms with van der Waals surface area (Å²) in [6.07, 6.45) is -0.752. The Kier molecular flexibility index (Phi) is 6.08. The van der Waals surface area contributed by atoms with E-state index in [4.69, 9.17) is 4.52 Å². The Morgan fingerprint density at radius 2 is 1.96 bits per heavy atom. The molecule has 0 bridgehead atoms. The Balaban J connectivity index is 1.98. The molecule has 0 saturated heterocycles. The molecule has 4 nitrogen and oxygen atoms in total. The van der Waals surface area contributed by atoms with Crippen LogP contribution >= 0.6 is 11.3 Å². The molecule has 2 aromatic heterocycles. The third-order valence-electron chi connectivity index (χ3n) is 3.98. The Hall–Kier alpha value is -2.45. The molecule has 3 rings (SSSR count). The second kappa shape index (κ2) is 8.49. The molecule has 142 valence electrons. The number of quaternary nitrogens is 1. The molecule has 1 aromatic carbocycles. The summed E-state index contributed by atoms with van der Waals surface area (Å²) in [7, 11) is 0. The fraction of sp³-hybridized carbons (Fsp3) is 0.263. The standard InChI is InChI=1S/C19H18F3N3OS/c20-19(21,22)15-8-2-1-6-13(15)12-14(7-3-4-10-23)18-24-17(25-26-18)16-9-5-11-27-16/h1-2,5-6,8-9,11-12H,3-4,7,10,23H2/p+1/b14-12+. The van der Waals surface area contributed by atoms with Gasteiger partial charge in [0.25, 0.3) is 5.89 Å². The van der Waals surface area contributed by atoms with E-state index in [9.17, 15) is 13.2 Å². The number of unbranched alkanes of at least 4 members (excludes halogenated alkanes) is 1. The van der Waals surface area contributed by atoms with Gasteiger partial charge in [-0.05, 0) is 48.4 Å². The predicted octanol–water partition coefficient (Wildman–Crippen LogP) is 4.77. The summed E-state index contributed by atoms with van der Waals surface area (Å²) in [6.45, 7) is 0.761. The zero-order chi connectivity index (χ0) is 19.3. The first-order valence-corrected chi connectivity index (χ1v) is 9.41. The van der Waals surface area contributed by atoms with Crippen LogP contribution in [0, 0.1) is 0 Å². The summed E-state index contributed by atoms with van der Waals surface area (Å²) < 4.78 is 45.3. The maximum Gasteiger partial charge on any atom is 0.416 e. The largest absolute Gasteiger partial charge is 0.416 e. The highest BCUT2D eigenvalue weighted by molar-refractivity contribution is 7.13. The average molecular weight is 394 g/mol. The molecule has 2 heterocycles. The molecule has 0 aliphatic rings. The van der Waals surface area contributed by atoms with Crippen molar-refractivity contribution in [2.24, 2.45) is 0 Å². The van der Waals surface area contributed by atoms with Crippen molar-refractivity contribution < 1.29 is 23.4 Å². The molecule has 0 saturated carbocycles. The van der Waals surface area contributed by atoms with Crippen LogP contribution in [-0.2, 0) is 6.18 Å². The molecule has 8 heteroatoms. The molecule has 0 aliphatic heterocycles. The number of hydrogen-bond donors (Lipinski definition) is 1. The molecular formula is C19H19F3N3OS+. The van der Waals surface area contributed by atoms with Gasteiger partial charge in [0.05, 0.1) is 17.0 Å². The van der Waals surface area contributed by atoms with Crippen LogP contribution in [0.1, 0.15) is 36.3 Å². The Bertz CT molecular complexity index is 901. The van der Waals surface area contributed by atoms with Crippen molar-refractivity contribution in [1.29, 1.82) is 0 Å². The summed E-state index contributed by atoms with van der Waals surface area (Å²) in [5, 5.41) is 5.87. The van der Waals surface area contributed by atoms with E-state index in [0.717, 1.165) is 30.3 Å². The van der Waals surface area contributed by atoms with Gasteiger partial charge in [0, 0.05) is 5.57 Å². The summed E-state index contributed by atoms with van der Waals surface area (Å²) in [5.41, 5.74) is 3.80. The molecule has 0 fully saturated rings. The van der Waals surface area contributed by atoms with Crippen LogP contribution in [-0.4, -0.2) is 16.7 Å². The minimum Gasteiger partial charge on any atom is -0.358 e. The fourth-order valence-corrected chi connectivity index (χ4v) is 3.31. The van der Waals surface area contributed by atoms with E-state index in [1.165, 1.54) is 29.5 Å². The third kappa shape index (κ3) is 4.84. The number of allylic oxidation sites excluding steroid dienone is 1. The maximum absolute atomic E-state index is 13.3. The van der Waals surface area contributed by atoms with E-state index in [-0.39, 0.29) is 11.5 Å². The Morgan fingerprint density at radius 1 is 1.15 bits per heavy atom. The van der Waals surface area contributed by atoms with Crippen molar-refractivity contribution in [1.82, 2.24) is 10.1 Å². The Labute approximate surface area is 158 Å². The van der Waals surface area contributed by atoms with Gasteiger partial charge in [0.1, 0.15) is 0 Å². The number of hydrogen-bond acceptors (Lipinski definition) is 4. The lowest BCUT2D eigenvalue weighted by Crippen LogP contribution is -2.50. The molecular weight excluding hydrogens is 375 g/mol. The van der Waals surface area contributed by atoms with Crippen molar-refractivity contribution in [3.05, 3.63) is 58.8 Å². The van der Waals surface area contributed by atoms with Crippen LogP contribution in [0.3, 0.4) is 0 Å². The van der Waals surface area contributed by atoms with E-state index in [2.05, 4.69) is 15.9 Å². The van der Waals surface area contributed by atoms with Crippen LogP contribution in [0.25, 0.3) is 22.4 Å². The van der Waals surface area contributed by atoms with Crippen molar-refractivity contribution in [3.8, 4) is 10.7 Å². The highest BCUT2D eigenvalue weighted by Gasteiger charge is 2.32. The average Bonchev–Trinajstić information content (AvgIpc) is 3.32. The van der Waals surface area contributed by atoms with Crippen molar-refractivity contribution in [3.63, 3.8) is 0 Å². The molecule has 3 aromatic rings. The van der Waals surface area contributed by atoms with Gasteiger partial charge in [0.15, 0.2) is 0 Å².